The Labute approximate surface area is 107 Å². The van der Waals surface area contributed by atoms with Gasteiger partial charge in [0, 0.05) is 6.54 Å². The monoisotopic (exact) mass is 231 g/mol. The highest BCUT2D eigenvalue weighted by atomic mass is 15.1. The molecule has 0 amide bonds. The van der Waals surface area contributed by atoms with Crippen LogP contribution in [0.5, 0.6) is 0 Å². The summed E-state index contributed by atoms with van der Waals surface area (Å²) in [5, 5.41) is 0. The van der Waals surface area contributed by atoms with Gasteiger partial charge in [-0.3, -0.25) is 0 Å². The quantitative estimate of drug-likeness (QED) is 0.449. The van der Waals surface area contributed by atoms with Gasteiger partial charge < -0.3 is 4.90 Å². The predicted molar refractivity (Wildman–Crippen MR) is 78.2 cm³/mol. The zero-order valence-corrected chi connectivity index (χ0v) is 11.4. The minimum atomic E-state index is 1.09. The topological polar surface area (TPSA) is 3.24 Å². The Bertz CT molecular complexity index is 314. The molecule has 0 saturated carbocycles. The summed E-state index contributed by atoms with van der Waals surface area (Å²) >= 11 is 0. The summed E-state index contributed by atoms with van der Waals surface area (Å²) in [6, 6.07) is 0. The fraction of sp³-hybridized carbons (Fsp3) is 0.438. The Balaban J connectivity index is 4.14. The van der Waals surface area contributed by atoms with Gasteiger partial charge in [-0.1, -0.05) is 37.8 Å². The largest absolute Gasteiger partial charge is 0.306 e. The Morgan fingerprint density at radius 3 is 2.65 bits per heavy atom. The second kappa shape index (κ2) is 11.2. The van der Waals surface area contributed by atoms with Crippen LogP contribution in [0.1, 0.15) is 26.7 Å². The van der Waals surface area contributed by atoms with E-state index in [1.807, 2.05) is 25.2 Å². The number of rotatable bonds is 8. The molecule has 0 fully saturated rings. The van der Waals surface area contributed by atoms with E-state index in [4.69, 9.17) is 0 Å². The lowest BCUT2D eigenvalue weighted by molar-refractivity contribution is 0.341. The third-order valence-corrected chi connectivity index (χ3v) is 2.35. The fourth-order valence-electron chi connectivity index (χ4n) is 1.52. The van der Waals surface area contributed by atoms with Crippen LogP contribution in [0, 0.1) is 0 Å². The third kappa shape index (κ3) is 9.62. The van der Waals surface area contributed by atoms with Gasteiger partial charge in [0.25, 0.3) is 0 Å². The van der Waals surface area contributed by atoms with Gasteiger partial charge in [0.05, 0.1) is 0 Å². The van der Waals surface area contributed by atoms with Crippen molar-refractivity contribution in [3.8, 4) is 0 Å². The van der Waals surface area contributed by atoms with Crippen molar-refractivity contribution in [3.63, 3.8) is 0 Å². The SMILES string of the molecule is C=C=C/C=C(\C=C/C)/C=C/CCN(C)CCC. The van der Waals surface area contributed by atoms with Gasteiger partial charge in [0.1, 0.15) is 0 Å². The van der Waals surface area contributed by atoms with Crippen LogP contribution in [-0.2, 0) is 0 Å². The van der Waals surface area contributed by atoms with E-state index in [-0.39, 0.29) is 0 Å². The van der Waals surface area contributed by atoms with E-state index in [1.54, 1.807) is 0 Å². The molecule has 0 spiro atoms. The lowest BCUT2D eigenvalue weighted by atomic mass is 10.2. The molecule has 1 heteroatoms. The molecule has 0 bridgehead atoms. The summed E-state index contributed by atoms with van der Waals surface area (Å²) in [6.07, 6.45) is 14.6. The summed E-state index contributed by atoms with van der Waals surface area (Å²) in [6.45, 7) is 10.1. The van der Waals surface area contributed by atoms with Crippen molar-refractivity contribution in [2.24, 2.45) is 0 Å². The maximum absolute atomic E-state index is 3.55. The molecule has 17 heavy (non-hydrogen) atoms. The third-order valence-electron chi connectivity index (χ3n) is 2.35. The van der Waals surface area contributed by atoms with Crippen molar-refractivity contribution in [3.05, 3.63) is 54.3 Å². The first kappa shape index (κ1) is 15.7. The summed E-state index contributed by atoms with van der Waals surface area (Å²) in [5.41, 5.74) is 3.94. The lowest BCUT2D eigenvalue weighted by Crippen LogP contribution is -2.19. The maximum Gasteiger partial charge on any atom is 0.00130 e. The van der Waals surface area contributed by atoms with Crippen molar-refractivity contribution in [1.29, 1.82) is 0 Å². The van der Waals surface area contributed by atoms with Gasteiger partial charge in [-0.05, 0) is 51.1 Å². The number of allylic oxidation sites excluding steroid dienone is 6. The van der Waals surface area contributed by atoms with Crippen LogP contribution >= 0.6 is 0 Å². The summed E-state index contributed by atoms with van der Waals surface area (Å²) in [4.78, 5) is 2.35. The molecule has 94 valence electrons. The first-order valence-electron chi connectivity index (χ1n) is 6.28. The highest BCUT2D eigenvalue weighted by Crippen LogP contribution is 2.01. The molecule has 0 rings (SSSR count). The highest BCUT2D eigenvalue weighted by molar-refractivity contribution is 5.33. The zero-order valence-electron chi connectivity index (χ0n) is 11.4. The van der Waals surface area contributed by atoms with Gasteiger partial charge in [0.2, 0.25) is 0 Å². The predicted octanol–water partition coefficient (Wildman–Crippen LogP) is 4.12. The smallest absolute Gasteiger partial charge is 0.00130 e. The van der Waals surface area contributed by atoms with Crippen LogP contribution in [-0.4, -0.2) is 25.0 Å². The van der Waals surface area contributed by atoms with Gasteiger partial charge in [-0.2, -0.15) is 0 Å². The average Bonchev–Trinajstić information content (AvgIpc) is 2.31. The van der Waals surface area contributed by atoms with Gasteiger partial charge in [-0.15, -0.1) is 5.73 Å². The van der Waals surface area contributed by atoms with Crippen LogP contribution in [0.2, 0.25) is 0 Å². The van der Waals surface area contributed by atoms with Crippen LogP contribution in [0.3, 0.4) is 0 Å². The van der Waals surface area contributed by atoms with Crippen molar-refractivity contribution in [2.45, 2.75) is 26.7 Å². The summed E-state index contributed by atoms with van der Waals surface area (Å²) in [5.74, 6) is 0. The Morgan fingerprint density at radius 1 is 1.29 bits per heavy atom. The number of nitrogens with zero attached hydrogens (tertiary/aromatic N) is 1. The second-order valence-corrected chi connectivity index (χ2v) is 4.03. The van der Waals surface area contributed by atoms with Gasteiger partial charge in [-0.25, -0.2) is 0 Å². The molecule has 0 aromatic carbocycles. The maximum atomic E-state index is 3.55. The molecule has 0 aliphatic rings. The van der Waals surface area contributed by atoms with E-state index < -0.39 is 0 Å². The molecular weight excluding hydrogens is 206 g/mol. The lowest BCUT2D eigenvalue weighted by Gasteiger charge is -2.13. The molecule has 0 radical (unpaired) electrons. The van der Waals surface area contributed by atoms with Crippen LogP contribution in [0.4, 0.5) is 0 Å². The fourth-order valence-corrected chi connectivity index (χ4v) is 1.52. The average molecular weight is 231 g/mol. The zero-order chi connectivity index (χ0) is 12.9. The van der Waals surface area contributed by atoms with Crippen molar-refractivity contribution in [1.82, 2.24) is 4.90 Å². The molecule has 0 aliphatic heterocycles. The van der Waals surface area contributed by atoms with Crippen LogP contribution in [0.25, 0.3) is 0 Å². The standard InChI is InChI=1S/C16H25N/c1-5-8-12-16(11-6-2)13-9-10-15-17(4)14-7-3/h6,8-9,11-13H,1,7,10,14-15H2,2-4H3/b11-6-,13-9+,16-12+. The van der Waals surface area contributed by atoms with E-state index in [1.165, 1.54) is 18.5 Å². The first-order valence-corrected chi connectivity index (χ1v) is 6.28. The van der Waals surface area contributed by atoms with Crippen LogP contribution < -0.4 is 0 Å². The Hall–Kier alpha value is -1.30. The minimum absolute atomic E-state index is 1.09. The summed E-state index contributed by atoms with van der Waals surface area (Å²) < 4.78 is 0. The van der Waals surface area contributed by atoms with E-state index in [2.05, 4.69) is 49.4 Å². The Kier molecular flexibility index (Phi) is 10.3. The molecule has 0 saturated heterocycles. The highest BCUT2D eigenvalue weighted by Gasteiger charge is 1.92. The second-order valence-electron chi connectivity index (χ2n) is 4.03. The number of hydrogen-bond acceptors (Lipinski definition) is 1. The molecule has 0 unspecified atom stereocenters. The molecule has 0 N–H and O–H groups in total. The number of hydrogen-bond donors (Lipinski definition) is 0. The first-order chi connectivity index (χ1) is 8.24. The van der Waals surface area contributed by atoms with Gasteiger partial charge >= 0.3 is 0 Å². The van der Waals surface area contributed by atoms with Crippen molar-refractivity contribution in [2.75, 3.05) is 20.1 Å². The minimum Gasteiger partial charge on any atom is -0.306 e. The molecule has 1 nitrogen and oxygen atoms in total. The molecule has 0 aliphatic carbocycles. The molecule has 0 aromatic heterocycles. The van der Waals surface area contributed by atoms with Gasteiger partial charge in [0.15, 0.2) is 0 Å². The van der Waals surface area contributed by atoms with Crippen molar-refractivity contribution >= 4 is 0 Å². The van der Waals surface area contributed by atoms with Crippen LogP contribution in [0.15, 0.2) is 54.3 Å². The molecule has 0 atom stereocenters. The van der Waals surface area contributed by atoms with E-state index in [9.17, 15) is 0 Å². The normalized spacial score (nSPS) is 12.6. The van der Waals surface area contributed by atoms with Crippen molar-refractivity contribution < 1.29 is 0 Å². The Morgan fingerprint density at radius 2 is 2.06 bits per heavy atom. The van der Waals surface area contributed by atoms with E-state index in [0.29, 0.717) is 0 Å². The van der Waals surface area contributed by atoms with E-state index >= 15 is 0 Å². The molecular formula is C16H25N. The molecule has 0 heterocycles. The summed E-state index contributed by atoms with van der Waals surface area (Å²) in [7, 11) is 2.17. The molecule has 0 aromatic rings. The van der Waals surface area contributed by atoms with E-state index in [0.717, 1.165) is 13.0 Å².